The van der Waals surface area contributed by atoms with E-state index in [0.717, 1.165) is 24.3 Å². The Morgan fingerprint density at radius 2 is 1.59 bits per heavy atom. The highest BCUT2D eigenvalue weighted by Gasteiger charge is 2.25. The summed E-state index contributed by atoms with van der Waals surface area (Å²) in [6.07, 6.45) is 3.19. The van der Waals surface area contributed by atoms with E-state index in [0.29, 0.717) is 18.1 Å². The SMILES string of the molecule is Cc1ccc(S(=O)(=O)[n+]2ccc(N3CCOCC3)cc2)cc1. The maximum absolute atomic E-state index is 12.6. The molecule has 116 valence electrons. The number of nitrogens with zero attached hydrogens (tertiary/aromatic N) is 2. The van der Waals surface area contributed by atoms with E-state index in [4.69, 9.17) is 4.74 Å². The van der Waals surface area contributed by atoms with Crippen LogP contribution in [0.1, 0.15) is 5.56 Å². The first-order valence-electron chi connectivity index (χ1n) is 7.24. The second-order valence-electron chi connectivity index (χ2n) is 5.30. The van der Waals surface area contributed by atoms with Crippen LogP contribution < -0.4 is 8.87 Å². The van der Waals surface area contributed by atoms with E-state index in [-0.39, 0.29) is 0 Å². The van der Waals surface area contributed by atoms with Crippen LogP contribution in [0.25, 0.3) is 0 Å². The lowest BCUT2D eigenvalue weighted by Gasteiger charge is -2.28. The highest BCUT2D eigenvalue weighted by molar-refractivity contribution is 7.85. The largest absolute Gasteiger partial charge is 0.399 e. The molecular weight excluding hydrogens is 300 g/mol. The van der Waals surface area contributed by atoms with E-state index in [1.54, 1.807) is 36.7 Å². The molecule has 2 heterocycles. The van der Waals surface area contributed by atoms with Crippen molar-refractivity contribution >= 4 is 15.7 Å². The first-order chi connectivity index (χ1) is 10.6. The van der Waals surface area contributed by atoms with Crippen LogP contribution in [0, 0.1) is 6.92 Å². The van der Waals surface area contributed by atoms with Crippen molar-refractivity contribution in [3.8, 4) is 0 Å². The molecule has 1 saturated heterocycles. The van der Waals surface area contributed by atoms with E-state index in [1.165, 1.54) is 3.97 Å². The number of hydrogen-bond donors (Lipinski definition) is 0. The maximum atomic E-state index is 12.6. The zero-order valence-corrected chi connectivity index (χ0v) is 13.3. The molecule has 1 aliphatic rings. The third-order valence-electron chi connectivity index (χ3n) is 3.76. The average molecular weight is 319 g/mol. The Morgan fingerprint density at radius 3 is 2.18 bits per heavy atom. The molecule has 3 rings (SSSR count). The summed E-state index contributed by atoms with van der Waals surface area (Å²) in [5.41, 5.74) is 2.05. The van der Waals surface area contributed by atoms with Crippen molar-refractivity contribution in [1.82, 2.24) is 0 Å². The van der Waals surface area contributed by atoms with Crippen molar-refractivity contribution in [1.29, 1.82) is 0 Å². The quantitative estimate of drug-likeness (QED) is 0.802. The Kier molecular flexibility index (Phi) is 4.13. The van der Waals surface area contributed by atoms with Gasteiger partial charge in [0.2, 0.25) is 0 Å². The molecular formula is C16H19N2O3S+. The lowest BCUT2D eigenvalue weighted by Crippen LogP contribution is -2.42. The van der Waals surface area contributed by atoms with Crippen LogP contribution in [0.5, 0.6) is 0 Å². The second-order valence-corrected chi connectivity index (χ2v) is 7.15. The standard InChI is InChI=1S/C16H19N2O3S/c1-14-2-4-16(5-3-14)22(19,20)18-8-6-15(7-9-18)17-10-12-21-13-11-17/h2-9H,10-13H2,1H3/q+1. The molecule has 22 heavy (non-hydrogen) atoms. The van der Waals surface area contributed by atoms with Crippen LogP contribution in [0.3, 0.4) is 0 Å². The Balaban J connectivity index is 1.86. The molecule has 2 aromatic rings. The zero-order valence-electron chi connectivity index (χ0n) is 12.5. The number of benzene rings is 1. The van der Waals surface area contributed by atoms with Crippen LogP contribution >= 0.6 is 0 Å². The lowest BCUT2D eigenvalue weighted by atomic mass is 10.2. The highest BCUT2D eigenvalue weighted by Crippen LogP contribution is 2.15. The van der Waals surface area contributed by atoms with Crippen molar-refractivity contribution in [2.75, 3.05) is 31.2 Å². The van der Waals surface area contributed by atoms with Crippen LogP contribution in [0.15, 0.2) is 53.7 Å². The fourth-order valence-electron chi connectivity index (χ4n) is 2.43. The number of hydrogen-bond acceptors (Lipinski definition) is 4. The van der Waals surface area contributed by atoms with Gasteiger partial charge in [0.1, 0.15) is 4.90 Å². The lowest BCUT2D eigenvalue weighted by molar-refractivity contribution is -0.511. The number of anilines is 1. The smallest absolute Gasteiger partial charge is 0.378 e. The van der Waals surface area contributed by atoms with Crippen molar-refractivity contribution in [3.05, 3.63) is 54.4 Å². The molecule has 1 fully saturated rings. The van der Waals surface area contributed by atoms with E-state index >= 15 is 0 Å². The average Bonchev–Trinajstić information content (AvgIpc) is 2.56. The number of aromatic nitrogens is 1. The van der Waals surface area contributed by atoms with Gasteiger partial charge >= 0.3 is 10.0 Å². The molecule has 0 radical (unpaired) electrons. The minimum atomic E-state index is -3.53. The van der Waals surface area contributed by atoms with Crippen LogP contribution in [-0.2, 0) is 14.8 Å². The van der Waals surface area contributed by atoms with Crippen LogP contribution in [-0.4, -0.2) is 34.7 Å². The third-order valence-corrected chi connectivity index (χ3v) is 5.42. The van der Waals surface area contributed by atoms with E-state index in [9.17, 15) is 8.42 Å². The molecule has 6 heteroatoms. The first-order valence-corrected chi connectivity index (χ1v) is 8.68. The summed E-state index contributed by atoms with van der Waals surface area (Å²) in [5, 5.41) is 0. The van der Waals surface area contributed by atoms with Gasteiger partial charge in [-0.3, -0.25) is 0 Å². The van der Waals surface area contributed by atoms with Crippen LogP contribution in [0.2, 0.25) is 0 Å². The fraction of sp³-hybridized carbons (Fsp3) is 0.312. The van der Waals surface area contributed by atoms with Gasteiger partial charge in [0, 0.05) is 30.9 Å². The van der Waals surface area contributed by atoms with Crippen molar-refractivity contribution in [2.45, 2.75) is 11.8 Å². The molecule has 0 bridgehead atoms. The van der Waals surface area contributed by atoms with Gasteiger partial charge in [0.05, 0.1) is 13.2 Å². The minimum absolute atomic E-state index is 0.294. The Hall–Kier alpha value is -1.92. The predicted octanol–water partition coefficient (Wildman–Crippen LogP) is 1.36. The van der Waals surface area contributed by atoms with Gasteiger partial charge in [-0.15, -0.1) is 0 Å². The van der Waals surface area contributed by atoms with Gasteiger partial charge in [-0.1, -0.05) is 21.7 Å². The number of rotatable bonds is 3. The number of morpholine rings is 1. The summed E-state index contributed by atoms with van der Waals surface area (Å²) in [6.45, 7) is 5.00. The molecule has 1 aromatic carbocycles. The van der Waals surface area contributed by atoms with Gasteiger partial charge < -0.3 is 9.64 Å². The molecule has 0 spiro atoms. The number of ether oxygens (including phenoxy) is 1. The van der Waals surface area contributed by atoms with E-state index in [2.05, 4.69) is 4.90 Å². The minimum Gasteiger partial charge on any atom is -0.378 e. The fourth-order valence-corrected chi connectivity index (χ4v) is 3.60. The molecule has 0 aliphatic carbocycles. The molecule has 0 unspecified atom stereocenters. The Bertz CT molecular complexity index is 734. The summed E-state index contributed by atoms with van der Waals surface area (Å²) in [5.74, 6) is 0. The second kappa shape index (κ2) is 6.06. The van der Waals surface area contributed by atoms with E-state index in [1.807, 2.05) is 19.1 Å². The first kappa shape index (κ1) is 15.0. The van der Waals surface area contributed by atoms with Gasteiger partial charge in [-0.25, -0.2) is 0 Å². The number of aryl methyl sites for hydroxylation is 1. The Morgan fingerprint density at radius 1 is 1.00 bits per heavy atom. The summed E-state index contributed by atoms with van der Waals surface area (Å²) in [7, 11) is -3.53. The number of pyridine rings is 1. The molecule has 0 N–H and O–H groups in total. The third kappa shape index (κ3) is 2.98. The highest BCUT2D eigenvalue weighted by atomic mass is 32.2. The topological polar surface area (TPSA) is 50.5 Å². The summed E-state index contributed by atoms with van der Waals surface area (Å²) in [6, 6.07) is 10.5. The van der Waals surface area contributed by atoms with Gasteiger partial charge in [-0.05, 0) is 19.1 Å². The Labute approximate surface area is 130 Å². The molecule has 1 aromatic heterocycles. The molecule has 0 atom stereocenters. The summed E-state index contributed by atoms with van der Waals surface area (Å²) in [4.78, 5) is 2.48. The zero-order chi connectivity index (χ0) is 15.6. The monoisotopic (exact) mass is 319 g/mol. The normalized spacial score (nSPS) is 15.8. The predicted molar refractivity (Wildman–Crippen MR) is 83.4 cm³/mol. The molecule has 1 aliphatic heterocycles. The van der Waals surface area contributed by atoms with Gasteiger partial charge in [0.15, 0.2) is 12.4 Å². The van der Waals surface area contributed by atoms with Crippen molar-refractivity contribution < 1.29 is 17.1 Å². The molecule has 0 saturated carbocycles. The summed E-state index contributed by atoms with van der Waals surface area (Å²) < 4.78 is 31.7. The summed E-state index contributed by atoms with van der Waals surface area (Å²) >= 11 is 0. The molecule has 5 nitrogen and oxygen atoms in total. The maximum Gasteiger partial charge on any atom is 0.399 e. The van der Waals surface area contributed by atoms with E-state index < -0.39 is 10.0 Å². The molecule has 0 amide bonds. The van der Waals surface area contributed by atoms with Gasteiger partial charge in [0.25, 0.3) is 0 Å². The van der Waals surface area contributed by atoms with Gasteiger partial charge in [-0.2, -0.15) is 8.42 Å². The van der Waals surface area contributed by atoms with Crippen LogP contribution in [0.4, 0.5) is 5.69 Å². The van der Waals surface area contributed by atoms with Crippen molar-refractivity contribution in [3.63, 3.8) is 0 Å². The van der Waals surface area contributed by atoms with Crippen molar-refractivity contribution in [2.24, 2.45) is 0 Å².